The summed E-state index contributed by atoms with van der Waals surface area (Å²) in [6, 6.07) is 42.8. The summed E-state index contributed by atoms with van der Waals surface area (Å²) in [5, 5.41) is 0. The molecule has 0 spiro atoms. The second kappa shape index (κ2) is 12.5. The monoisotopic (exact) mass is 714 g/mol. The molecule has 2 aromatic heterocycles. The second-order valence-electron chi connectivity index (χ2n) is 15.1. The lowest BCUT2D eigenvalue weighted by atomic mass is 9.33. The molecule has 0 fully saturated rings. The molecule has 10 rings (SSSR count). The largest absolute Gasteiger partial charge is 0.439 e. The van der Waals surface area contributed by atoms with Crippen LogP contribution in [0.3, 0.4) is 0 Å². The molecule has 7 heteroatoms. The minimum absolute atomic E-state index is 0.127. The fourth-order valence-electron chi connectivity index (χ4n) is 9.17. The van der Waals surface area contributed by atoms with Gasteiger partial charge in [-0.25, -0.2) is 9.97 Å². The number of para-hydroxylation sites is 2. The van der Waals surface area contributed by atoms with Gasteiger partial charge in [0.2, 0.25) is 11.8 Å². The summed E-state index contributed by atoms with van der Waals surface area (Å²) < 4.78 is 12.9. The van der Waals surface area contributed by atoms with Gasteiger partial charge in [-0.05, 0) is 141 Å². The first-order valence-corrected chi connectivity index (χ1v) is 18.8. The summed E-state index contributed by atoms with van der Waals surface area (Å²) in [5.41, 5.74) is 20.5. The van der Waals surface area contributed by atoms with E-state index in [9.17, 15) is 0 Å². The molecule has 0 unspecified atom stereocenters. The van der Waals surface area contributed by atoms with Crippen molar-refractivity contribution < 1.29 is 9.15 Å². The lowest BCUT2D eigenvalue weighted by Gasteiger charge is -2.45. The first-order chi connectivity index (χ1) is 26.7. The molecule has 2 aliphatic rings. The van der Waals surface area contributed by atoms with Crippen molar-refractivity contribution in [2.75, 3.05) is 9.80 Å². The van der Waals surface area contributed by atoms with E-state index in [0.717, 1.165) is 50.6 Å². The topological polar surface area (TPSA) is 54.6 Å². The van der Waals surface area contributed by atoms with Crippen LogP contribution in [0, 0.1) is 41.5 Å². The van der Waals surface area contributed by atoms with Crippen LogP contribution in [-0.2, 0) is 0 Å². The molecule has 0 bridgehead atoms. The Morgan fingerprint density at radius 1 is 0.564 bits per heavy atom. The van der Waals surface area contributed by atoms with Crippen LogP contribution in [0.2, 0.25) is 0 Å². The van der Waals surface area contributed by atoms with E-state index in [2.05, 4.69) is 135 Å². The van der Waals surface area contributed by atoms with Crippen molar-refractivity contribution in [1.82, 2.24) is 9.97 Å². The zero-order chi connectivity index (χ0) is 37.5. The maximum atomic E-state index is 6.46. The van der Waals surface area contributed by atoms with Gasteiger partial charge in [0.05, 0.1) is 11.4 Å². The number of benzene rings is 6. The van der Waals surface area contributed by atoms with Crippen LogP contribution in [0.5, 0.6) is 11.6 Å². The molecule has 6 aromatic carbocycles. The quantitative estimate of drug-likeness (QED) is 0.166. The normalized spacial score (nSPS) is 12.8. The van der Waals surface area contributed by atoms with Gasteiger partial charge in [-0.15, -0.1) is 0 Å². The molecule has 0 atom stereocenters. The van der Waals surface area contributed by atoms with Gasteiger partial charge in [0.15, 0.2) is 5.58 Å². The molecule has 0 saturated carbocycles. The van der Waals surface area contributed by atoms with Crippen molar-refractivity contribution in [1.29, 1.82) is 0 Å². The first kappa shape index (κ1) is 33.0. The maximum absolute atomic E-state index is 6.46. The van der Waals surface area contributed by atoms with Crippen LogP contribution in [0.4, 0.5) is 34.1 Å². The molecular weight excluding hydrogens is 675 g/mol. The zero-order valence-corrected chi connectivity index (χ0v) is 31.8. The maximum Gasteiger partial charge on any atom is 0.252 e. The molecule has 2 aliphatic heterocycles. The van der Waals surface area contributed by atoms with Crippen molar-refractivity contribution in [3.05, 3.63) is 161 Å². The van der Waals surface area contributed by atoms with Crippen molar-refractivity contribution in [3.8, 4) is 23.1 Å². The average Bonchev–Trinajstić information content (AvgIpc) is 3.61. The van der Waals surface area contributed by atoms with E-state index in [-0.39, 0.29) is 6.71 Å². The van der Waals surface area contributed by atoms with Gasteiger partial charge in [-0.1, -0.05) is 65.7 Å². The number of oxazole rings is 1. The first-order valence-electron chi connectivity index (χ1n) is 18.8. The number of anilines is 6. The fraction of sp³-hybridized carbons (Fsp3) is 0.125. The van der Waals surface area contributed by atoms with Gasteiger partial charge in [-0.2, -0.15) is 0 Å². The lowest BCUT2D eigenvalue weighted by Crippen LogP contribution is -2.61. The van der Waals surface area contributed by atoms with E-state index in [1.54, 1.807) is 6.20 Å². The molecule has 266 valence electrons. The number of hydrogen-bond acceptors (Lipinski definition) is 6. The molecule has 4 heterocycles. The molecule has 6 nitrogen and oxygen atoms in total. The Morgan fingerprint density at radius 3 is 1.78 bits per heavy atom. The molecule has 0 saturated heterocycles. The van der Waals surface area contributed by atoms with E-state index >= 15 is 0 Å². The van der Waals surface area contributed by atoms with Gasteiger partial charge in [0, 0.05) is 40.6 Å². The van der Waals surface area contributed by atoms with Crippen molar-refractivity contribution in [3.63, 3.8) is 0 Å². The molecule has 0 amide bonds. The van der Waals surface area contributed by atoms with Gasteiger partial charge in [-0.3, -0.25) is 0 Å². The standard InChI is InChI=1S/C48H39BN4O2/c1-28-22-30(3)46(31(4)23-28)52-39-19-17-34(48-51-38-12-7-8-15-43(38)55-48)26-36(39)49-37-27-35(54-44-16-9-10-21-50-44)18-20-40(37)53(42-14-11-13-41(52)45(42)49)47-32(5)24-29(2)25-33(47)6/h7-27H,1-6H3. The highest BCUT2D eigenvalue weighted by Crippen LogP contribution is 2.47. The second-order valence-corrected chi connectivity index (χ2v) is 15.1. The van der Waals surface area contributed by atoms with Crippen molar-refractivity contribution in [2.45, 2.75) is 41.5 Å². The lowest BCUT2D eigenvalue weighted by molar-refractivity contribution is 0.463. The van der Waals surface area contributed by atoms with Crippen LogP contribution in [0.1, 0.15) is 33.4 Å². The molecule has 55 heavy (non-hydrogen) atoms. The average molecular weight is 715 g/mol. The highest BCUT2D eigenvalue weighted by molar-refractivity contribution is 7.00. The number of aromatic nitrogens is 2. The fourth-order valence-corrected chi connectivity index (χ4v) is 9.17. The van der Waals surface area contributed by atoms with E-state index in [0.29, 0.717) is 11.8 Å². The summed E-state index contributed by atoms with van der Waals surface area (Å²) >= 11 is 0. The highest BCUT2D eigenvalue weighted by Gasteiger charge is 2.44. The summed E-state index contributed by atoms with van der Waals surface area (Å²) in [7, 11) is 0. The molecular formula is C48H39BN4O2. The number of fused-ring (bicyclic) bond motifs is 5. The van der Waals surface area contributed by atoms with Crippen LogP contribution in [-0.4, -0.2) is 16.7 Å². The minimum atomic E-state index is -0.127. The van der Waals surface area contributed by atoms with Crippen LogP contribution < -0.4 is 30.9 Å². The summed E-state index contributed by atoms with van der Waals surface area (Å²) in [5.74, 6) is 1.90. The van der Waals surface area contributed by atoms with E-state index in [1.165, 1.54) is 55.7 Å². The number of pyridine rings is 1. The third kappa shape index (κ3) is 5.25. The SMILES string of the molecule is Cc1cc(C)c(N2c3ccc(Oc4ccccn4)cc3B3c4cc(-c5nc6ccccc6o5)ccc4N(c4c(C)cc(C)cc4C)c4cccc2c43)c(C)c1. The van der Waals surface area contributed by atoms with Crippen LogP contribution in [0.25, 0.3) is 22.6 Å². The zero-order valence-electron chi connectivity index (χ0n) is 31.8. The summed E-state index contributed by atoms with van der Waals surface area (Å²) in [4.78, 5) is 14.4. The van der Waals surface area contributed by atoms with E-state index in [1.807, 2.05) is 42.5 Å². The number of nitrogens with zero attached hydrogens (tertiary/aromatic N) is 4. The molecule has 8 aromatic rings. The van der Waals surface area contributed by atoms with Crippen molar-refractivity contribution >= 4 is 68.3 Å². The Bertz CT molecular complexity index is 2750. The Hall–Kier alpha value is -6.60. The number of rotatable bonds is 5. The Balaban J connectivity index is 1.29. The smallest absolute Gasteiger partial charge is 0.252 e. The Labute approximate surface area is 321 Å². The predicted molar refractivity (Wildman–Crippen MR) is 226 cm³/mol. The minimum Gasteiger partial charge on any atom is -0.439 e. The predicted octanol–water partition coefficient (Wildman–Crippen LogP) is 10.6. The Kier molecular flexibility index (Phi) is 7.50. The number of hydrogen-bond donors (Lipinski definition) is 0. The van der Waals surface area contributed by atoms with Gasteiger partial charge in [0.25, 0.3) is 6.71 Å². The number of aryl methyl sites for hydroxylation is 6. The molecule has 0 radical (unpaired) electrons. The van der Waals surface area contributed by atoms with Crippen LogP contribution >= 0.6 is 0 Å². The third-order valence-electron chi connectivity index (χ3n) is 11.1. The van der Waals surface area contributed by atoms with Crippen LogP contribution in [0.15, 0.2) is 132 Å². The van der Waals surface area contributed by atoms with Crippen molar-refractivity contribution in [2.24, 2.45) is 0 Å². The van der Waals surface area contributed by atoms with Gasteiger partial charge >= 0.3 is 0 Å². The molecule has 0 N–H and O–H groups in total. The van der Waals surface area contributed by atoms with E-state index < -0.39 is 0 Å². The number of ether oxygens (including phenoxy) is 1. The molecule has 0 aliphatic carbocycles. The summed E-state index contributed by atoms with van der Waals surface area (Å²) in [6.07, 6.45) is 1.76. The summed E-state index contributed by atoms with van der Waals surface area (Å²) in [6.45, 7) is 13.1. The van der Waals surface area contributed by atoms with Gasteiger partial charge in [0.1, 0.15) is 11.3 Å². The highest BCUT2D eigenvalue weighted by atomic mass is 16.5. The van der Waals surface area contributed by atoms with Gasteiger partial charge < -0.3 is 19.0 Å². The van der Waals surface area contributed by atoms with E-state index in [4.69, 9.17) is 14.1 Å². The third-order valence-corrected chi connectivity index (χ3v) is 11.1. The Morgan fingerprint density at radius 2 is 1.16 bits per heavy atom.